The molecule has 3 rings (SSSR count). The Labute approximate surface area is 130 Å². The Morgan fingerprint density at radius 1 is 1.45 bits per heavy atom. The molecule has 3 N–H and O–H groups in total. The lowest BCUT2D eigenvalue weighted by Gasteiger charge is -2.32. The second kappa shape index (κ2) is 7.21. The zero-order chi connectivity index (χ0) is 15.4. The van der Waals surface area contributed by atoms with Crippen LogP contribution in [-0.4, -0.2) is 66.9 Å². The Bertz CT molecular complexity index is 508. The van der Waals surface area contributed by atoms with Crippen molar-refractivity contribution in [3.8, 4) is 0 Å². The number of H-pyrrole nitrogens is 1. The van der Waals surface area contributed by atoms with Crippen LogP contribution in [0.3, 0.4) is 0 Å². The number of nitrogens with zero attached hydrogens (tertiary/aromatic N) is 2. The lowest BCUT2D eigenvalue weighted by molar-refractivity contribution is 0.0887. The number of nitrogens with one attached hydrogen (secondary N) is 3. The van der Waals surface area contributed by atoms with Crippen molar-refractivity contribution in [2.24, 2.45) is 0 Å². The fourth-order valence-electron chi connectivity index (χ4n) is 3.19. The first-order chi connectivity index (χ1) is 10.8. The fraction of sp³-hybridized carbons (Fsp3) is 0.733. The largest absolute Gasteiger partial charge is 0.383 e. The average Bonchev–Trinajstić information content (AvgIpc) is 2.98. The van der Waals surface area contributed by atoms with Crippen LogP contribution in [-0.2, 0) is 17.7 Å². The molecule has 2 aliphatic heterocycles. The van der Waals surface area contributed by atoms with E-state index in [4.69, 9.17) is 4.74 Å². The van der Waals surface area contributed by atoms with E-state index in [1.807, 2.05) is 0 Å². The van der Waals surface area contributed by atoms with Gasteiger partial charge in [0, 0.05) is 63.6 Å². The van der Waals surface area contributed by atoms with Gasteiger partial charge in [-0.1, -0.05) is 0 Å². The number of hydrogen-bond acceptors (Lipinski definition) is 5. The van der Waals surface area contributed by atoms with Crippen LogP contribution in [0.25, 0.3) is 0 Å². The summed E-state index contributed by atoms with van der Waals surface area (Å²) in [4.78, 5) is 14.8. The Balaban J connectivity index is 1.51. The highest BCUT2D eigenvalue weighted by Gasteiger charge is 2.25. The molecule has 1 saturated heterocycles. The highest BCUT2D eigenvalue weighted by Crippen LogP contribution is 2.16. The Kier molecular flexibility index (Phi) is 5.07. The molecule has 2 aliphatic rings. The second-order valence-corrected chi connectivity index (χ2v) is 6.04. The van der Waals surface area contributed by atoms with E-state index < -0.39 is 0 Å². The molecular weight excluding hydrogens is 282 g/mol. The second-order valence-electron chi connectivity index (χ2n) is 6.04. The summed E-state index contributed by atoms with van der Waals surface area (Å²) in [7, 11) is 1.73. The molecule has 0 aromatic carbocycles. The number of ether oxygens (including phenoxy) is 1. The van der Waals surface area contributed by atoms with Gasteiger partial charge in [-0.3, -0.25) is 9.89 Å². The average molecular weight is 307 g/mol. The summed E-state index contributed by atoms with van der Waals surface area (Å²) in [6.07, 6.45) is 2.88. The van der Waals surface area contributed by atoms with E-state index in [-0.39, 0.29) is 11.9 Å². The molecule has 7 nitrogen and oxygen atoms in total. The van der Waals surface area contributed by atoms with Crippen molar-refractivity contribution in [3.63, 3.8) is 0 Å². The number of carbonyl (C=O) groups is 1. The number of likely N-dealkylation sites (tertiary alicyclic amines) is 1. The van der Waals surface area contributed by atoms with E-state index in [9.17, 15) is 4.79 Å². The standard InChI is InChI=1S/C15H25N5O2/c1-22-9-8-20-6-3-11(4-7-20)17-15(21)14-12-10-16-5-2-13(12)18-19-14/h11,16H,2-10H2,1H3,(H,17,21)(H,18,19). The monoisotopic (exact) mass is 307 g/mol. The van der Waals surface area contributed by atoms with Crippen LogP contribution in [0.5, 0.6) is 0 Å². The van der Waals surface area contributed by atoms with Gasteiger partial charge in [-0.25, -0.2) is 0 Å². The minimum atomic E-state index is -0.0449. The van der Waals surface area contributed by atoms with Gasteiger partial charge >= 0.3 is 0 Å². The van der Waals surface area contributed by atoms with Gasteiger partial charge in [-0.15, -0.1) is 0 Å². The van der Waals surface area contributed by atoms with E-state index in [1.165, 1.54) is 0 Å². The third-order valence-corrected chi connectivity index (χ3v) is 4.56. The first kappa shape index (κ1) is 15.5. The number of piperidine rings is 1. The third-order valence-electron chi connectivity index (χ3n) is 4.56. The zero-order valence-corrected chi connectivity index (χ0v) is 13.2. The van der Waals surface area contributed by atoms with Crippen molar-refractivity contribution in [2.45, 2.75) is 31.8 Å². The molecule has 3 heterocycles. The van der Waals surface area contributed by atoms with Gasteiger partial charge in [0.2, 0.25) is 0 Å². The van der Waals surface area contributed by atoms with Crippen molar-refractivity contribution < 1.29 is 9.53 Å². The van der Waals surface area contributed by atoms with E-state index in [0.29, 0.717) is 5.69 Å². The molecule has 0 radical (unpaired) electrons. The van der Waals surface area contributed by atoms with Crippen LogP contribution >= 0.6 is 0 Å². The maximum Gasteiger partial charge on any atom is 0.272 e. The highest BCUT2D eigenvalue weighted by atomic mass is 16.5. The number of amides is 1. The van der Waals surface area contributed by atoms with E-state index >= 15 is 0 Å². The van der Waals surface area contributed by atoms with Crippen LogP contribution in [0.4, 0.5) is 0 Å². The summed E-state index contributed by atoms with van der Waals surface area (Å²) < 4.78 is 5.11. The van der Waals surface area contributed by atoms with Crippen LogP contribution in [0.1, 0.15) is 34.6 Å². The predicted octanol–water partition coefficient (Wildman–Crippen LogP) is -0.104. The molecule has 7 heteroatoms. The van der Waals surface area contributed by atoms with Gasteiger partial charge in [-0.2, -0.15) is 5.10 Å². The first-order valence-electron chi connectivity index (χ1n) is 8.07. The molecule has 0 atom stereocenters. The summed E-state index contributed by atoms with van der Waals surface area (Å²) in [6, 6.07) is 0.246. The van der Waals surface area contributed by atoms with Crippen molar-refractivity contribution >= 4 is 5.91 Å². The van der Waals surface area contributed by atoms with Crippen LogP contribution < -0.4 is 10.6 Å². The van der Waals surface area contributed by atoms with Crippen molar-refractivity contribution in [1.82, 2.24) is 25.7 Å². The minimum Gasteiger partial charge on any atom is -0.383 e. The fourth-order valence-corrected chi connectivity index (χ4v) is 3.19. The number of aromatic amines is 1. The smallest absolute Gasteiger partial charge is 0.272 e. The van der Waals surface area contributed by atoms with Gasteiger partial charge in [0.25, 0.3) is 5.91 Å². The lowest BCUT2D eigenvalue weighted by Crippen LogP contribution is -2.45. The maximum absolute atomic E-state index is 12.4. The molecule has 22 heavy (non-hydrogen) atoms. The maximum atomic E-state index is 12.4. The number of fused-ring (bicyclic) bond motifs is 1. The molecule has 1 aromatic rings. The molecule has 0 spiro atoms. The molecule has 0 bridgehead atoms. The van der Waals surface area contributed by atoms with Gasteiger partial charge in [0.05, 0.1) is 6.61 Å². The minimum absolute atomic E-state index is 0.0449. The van der Waals surface area contributed by atoms with E-state index in [0.717, 1.165) is 69.9 Å². The van der Waals surface area contributed by atoms with Gasteiger partial charge < -0.3 is 20.3 Å². The predicted molar refractivity (Wildman–Crippen MR) is 82.8 cm³/mol. The van der Waals surface area contributed by atoms with Crippen molar-refractivity contribution in [2.75, 3.05) is 39.9 Å². The number of hydrogen-bond donors (Lipinski definition) is 3. The van der Waals surface area contributed by atoms with E-state index in [1.54, 1.807) is 7.11 Å². The van der Waals surface area contributed by atoms with Gasteiger partial charge in [-0.05, 0) is 12.8 Å². The summed E-state index contributed by atoms with van der Waals surface area (Å²) in [6.45, 7) is 5.42. The lowest BCUT2D eigenvalue weighted by atomic mass is 10.0. The number of methoxy groups -OCH3 is 1. The Morgan fingerprint density at radius 2 is 2.27 bits per heavy atom. The molecule has 1 amide bonds. The van der Waals surface area contributed by atoms with Gasteiger partial charge in [0.15, 0.2) is 5.69 Å². The molecule has 122 valence electrons. The molecule has 0 unspecified atom stereocenters. The molecule has 1 fully saturated rings. The third kappa shape index (κ3) is 3.48. The van der Waals surface area contributed by atoms with Crippen LogP contribution in [0.2, 0.25) is 0 Å². The summed E-state index contributed by atoms with van der Waals surface area (Å²) >= 11 is 0. The Hall–Kier alpha value is -1.44. The number of carbonyl (C=O) groups excluding carboxylic acids is 1. The highest BCUT2D eigenvalue weighted by molar-refractivity contribution is 5.94. The zero-order valence-electron chi connectivity index (χ0n) is 13.2. The summed E-state index contributed by atoms with van der Waals surface area (Å²) in [5.74, 6) is -0.0449. The van der Waals surface area contributed by atoms with Crippen LogP contribution in [0.15, 0.2) is 0 Å². The molecular formula is C15H25N5O2. The normalized spacial score (nSPS) is 19.9. The van der Waals surface area contributed by atoms with Crippen molar-refractivity contribution in [3.05, 3.63) is 17.0 Å². The molecule has 0 saturated carbocycles. The quantitative estimate of drug-likeness (QED) is 0.707. The van der Waals surface area contributed by atoms with Gasteiger partial charge in [0.1, 0.15) is 0 Å². The summed E-state index contributed by atoms with van der Waals surface area (Å²) in [5.41, 5.74) is 2.68. The topological polar surface area (TPSA) is 82.3 Å². The number of rotatable bonds is 5. The summed E-state index contributed by atoms with van der Waals surface area (Å²) in [5, 5.41) is 13.7. The molecule has 0 aliphatic carbocycles. The van der Waals surface area contributed by atoms with Crippen molar-refractivity contribution in [1.29, 1.82) is 0 Å². The van der Waals surface area contributed by atoms with Crippen LogP contribution in [0, 0.1) is 0 Å². The first-order valence-corrected chi connectivity index (χ1v) is 8.07. The SMILES string of the molecule is COCCN1CCC(NC(=O)c2n[nH]c3c2CNCC3)CC1. The number of aromatic nitrogens is 2. The van der Waals surface area contributed by atoms with E-state index in [2.05, 4.69) is 25.7 Å². The Morgan fingerprint density at radius 3 is 3.05 bits per heavy atom. The molecule has 1 aromatic heterocycles.